The molecule has 0 radical (unpaired) electrons. The third kappa shape index (κ3) is 3.89. The summed E-state index contributed by atoms with van der Waals surface area (Å²) < 4.78 is 0. The minimum absolute atomic E-state index is 0.185. The zero-order valence-corrected chi connectivity index (χ0v) is 13.1. The van der Waals surface area contributed by atoms with E-state index in [-0.39, 0.29) is 17.2 Å². The second-order valence-electron chi connectivity index (χ2n) is 4.36. The normalized spacial score (nSPS) is 12.0. The lowest BCUT2D eigenvalue weighted by Gasteiger charge is -2.17. The smallest absolute Gasteiger partial charge is 0.253 e. The molecule has 0 spiro atoms. The molecule has 1 amide bonds. The lowest BCUT2D eigenvalue weighted by Crippen LogP contribution is -2.31. The minimum atomic E-state index is -0.551. The first kappa shape index (κ1) is 16.1. The van der Waals surface area contributed by atoms with Gasteiger partial charge in [0.05, 0.1) is 28.3 Å². The van der Waals surface area contributed by atoms with Gasteiger partial charge in [-0.1, -0.05) is 53.0 Å². The van der Waals surface area contributed by atoms with Crippen LogP contribution in [0.2, 0.25) is 15.1 Å². The summed E-state index contributed by atoms with van der Waals surface area (Å²) in [5, 5.41) is 13.2. The van der Waals surface area contributed by atoms with Crippen LogP contribution in [0, 0.1) is 0 Å². The molecule has 0 fully saturated rings. The second-order valence-corrected chi connectivity index (χ2v) is 5.58. The Bertz CT molecular complexity index is 644. The van der Waals surface area contributed by atoms with Crippen LogP contribution in [0.15, 0.2) is 42.5 Å². The van der Waals surface area contributed by atoms with E-state index in [1.165, 1.54) is 0 Å². The fourth-order valence-corrected chi connectivity index (χ4v) is 2.36. The SMILES string of the molecule is O=C(NC(CO)c1ccc(Cl)cc1)c1cccc(Cl)c1Cl. The maximum atomic E-state index is 12.2. The molecular weight excluding hydrogens is 333 g/mol. The van der Waals surface area contributed by atoms with Crippen LogP contribution in [0.1, 0.15) is 22.0 Å². The molecule has 3 nitrogen and oxygen atoms in total. The molecule has 2 N–H and O–H groups in total. The summed E-state index contributed by atoms with van der Waals surface area (Å²) in [6, 6.07) is 11.1. The highest BCUT2D eigenvalue weighted by atomic mass is 35.5. The molecule has 0 aliphatic heterocycles. The fraction of sp³-hybridized carbons (Fsp3) is 0.133. The van der Waals surface area contributed by atoms with E-state index >= 15 is 0 Å². The number of rotatable bonds is 4. The zero-order chi connectivity index (χ0) is 15.4. The number of carbonyl (C=O) groups excluding carboxylic acids is 1. The van der Waals surface area contributed by atoms with E-state index in [4.69, 9.17) is 34.8 Å². The van der Waals surface area contributed by atoms with Crippen LogP contribution in [0.5, 0.6) is 0 Å². The summed E-state index contributed by atoms with van der Waals surface area (Å²) >= 11 is 17.7. The molecule has 1 unspecified atom stereocenters. The maximum absolute atomic E-state index is 12.2. The van der Waals surface area contributed by atoms with Crippen molar-refractivity contribution in [3.05, 3.63) is 68.7 Å². The molecule has 0 aromatic heterocycles. The molecule has 2 aromatic rings. The van der Waals surface area contributed by atoms with Gasteiger partial charge in [0, 0.05) is 5.02 Å². The predicted molar refractivity (Wildman–Crippen MR) is 85.2 cm³/mol. The predicted octanol–water partition coefficient (Wildman–Crippen LogP) is 4.11. The lowest BCUT2D eigenvalue weighted by atomic mass is 10.1. The number of aliphatic hydroxyl groups is 1. The molecule has 110 valence electrons. The van der Waals surface area contributed by atoms with Crippen molar-refractivity contribution in [1.29, 1.82) is 0 Å². The zero-order valence-electron chi connectivity index (χ0n) is 10.8. The average Bonchev–Trinajstić information content (AvgIpc) is 2.48. The summed E-state index contributed by atoms with van der Waals surface area (Å²) in [7, 11) is 0. The van der Waals surface area contributed by atoms with Crippen molar-refractivity contribution in [1.82, 2.24) is 5.32 Å². The van der Waals surface area contributed by atoms with Crippen molar-refractivity contribution < 1.29 is 9.90 Å². The average molecular weight is 345 g/mol. The van der Waals surface area contributed by atoms with Crippen LogP contribution in [-0.2, 0) is 0 Å². The molecule has 0 saturated heterocycles. The summed E-state index contributed by atoms with van der Waals surface area (Å²) in [4.78, 5) is 12.2. The summed E-state index contributed by atoms with van der Waals surface area (Å²) in [5.74, 6) is -0.406. The molecule has 0 saturated carbocycles. The molecule has 0 heterocycles. The van der Waals surface area contributed by atoms with Gasteiger partial charge in [-0.05, 0) is 29.8 Å². The first-order valence-electron chi connectivity index (χ1n) is 6.14. The molecule has 21 heavy (non-hydrogen) atoms. The Balaban J connectivity index is 2.20. The van der Waals surface area contributed by atoms with Crippen molar-refractivity contribution in [2.45, 2.75) is 6.04 Å². The standard InChI is InChI=1S/C15H12Cl3NO2/c16-10-6-4-9(5-7-10)13(8-20)19-15(21)11-2-1-3-12(17)14(11)18/h1-7,13,20H,8H2,(H,19,21). The Morgan fingerprint density at radius 1 is 1.10 bits per heavy atom. The van der Waals surface area contributed by atoms with E-state index in [1.54, 1.807) is 42.5 Å². The topological polar surface area (TPSA) is 49.3 Å². The Morgan fingerprint density at radius 3 is 2.38 bits per heavy atom. The van der Waals surface area contributed by atoms with Gasteiger partial charge in [-0.2, -0.15) is 0 Å². The van der Waals surface area contributed by atoms with E-state index in [0.717, 1.165) is 5.56 Å². The Hall–Kier alpha value is -1.26. The van der Waals surface area contributed by atoms with Gasteiger partial charge >= 0.3 is 0 Å². The highest BCUT2D eigenvalue weighted by Gasteiger charge is 2.18. The number of hydrogen-bond acceptors (Lipinski definition) is 2. The van der Waals surface area contributed by atoms with E-state index in [2.05, 4.69) is 5.32 Å². The van der Waals surface area contributed by atoms with Gasteiger partial charge in [-0.25, -0.2) is 0 Å². The molecule has 0 aliphatic carbocycles. The first-order valence-corrected chi connectivity index (χ1v) is 7.27. The number of hydrogen-bond donors (Lipinski definition) is 2. The van der Waals surface area contributed by atoms with Gasteiger partial charge in [-0.3, -0.25) is 4.79 Å². The van der Waals surface area contributed by atoms with Crippen LogP contribution in [0.25, 0.3) is 0 Å². The van der Waals surface area contributed by atoms with E-state index in [1.807, 2.05) is 0 Å². The number of carbonyl (C=O) groups is 1. The van der Waals surface area contributed by atoms with Crippen LogP contribution in [0.3, 0.4) is 0 Å². The van der Waals surface area contributed by atoms with E-state index < -0.39 is 11.9 Å². The van der Waals surface area contributed by atoms with Crippen LogP contribution < -0.4 is 5.32 Å². The molecule has 0 aliphatic rings. The third-order valence-corrected chi connectivity index (χ3v) is 4.03. The van der Waals surface area contributed by atoms with Crippen LogP contribution in [0.4, 0.5) is 0 Å². The van der Waals surface area contributed by atoms with Crippen molar-refractivity contribution >= 4 is 40.7 Å². The number of aliphatic hydroxyl groups excluding tert-OH is 1. The number of halogens is 3. The summed E-state index contributed by atoms with van der Waals surface area (Å²) in [5.41, 5.74) is 1.00. The van der Waals surface area contributed by atoms with E-state index in [9.17, 15) is 9.90 Å². The van der Waals surface area contributed by atoms with Crippen molar-refractivity contribution in [2.24, 2.45) is 0 Å². The number of amides is 1. The van der Waals surface area contributed by atoms with Gasteiger partial charge in [0.2, 0.25) is 0 Å². The van der Waals surface area contributed by atoms with Crippen molar-refractivity contribution in [3.8, 4) is 0 Å². The Kier molecular flexibility index (Phi) is 5.48. The third-order valence-electron chi connectivity index (χ3n) is 2.96. The summed E-state index contributed by atoms with van der Waals surface area (Å²) in [6.07, 6.45) is 0. The second kappa shape index (κ2) is 7.14. The molecule has 2 rings (SSSR count). The fourth-order valence-electron chi connectivity index (χ4n) is 1.84. The minimum Gasteiger partial charge on any atom is -0.394 e. The first-order chi connectivity index (χ1) is 10.0. The largest absolute Gasteiger partial charge is 0.394 e. The van der Waals surface area contributed by atoms with E-state index in [0.29, 0.717) is 10.0 Å². The Morgan fingerprint density at radius 2 is 1.76 bits per heavy atom. The lowest BCUT2D eigenvalue weighted by molar-refractivity contribution is 0.0916. The van der Waals surface area contributed by atoms with Gasteiger partial charge in [0.1, 0.15) is 0 Å². The molecule has 1 atom stereocenters. The maximum Gasteiger partial charge on any atom is 0.253 e. The van der Waals surface area contributed by atoms with Gasteiger partial charge in [0.15, 0.2) is 0 Å². The van der Waals surface area contributed by atoms with Crippen LogP contribution in [-0.4, -0.2) is 17.6 Å². The van der Waals surface area contributed by atoms with Gasteiger partial charge in [0.25, 0.3) is 5.91 Å². The monoisotopic (exact) mass is 343 g/mol. The molecule has 0 bridgehead atoms. The van der Waals surface area contributed by atoms with Crippen molar-refractivity contribution in [2.75, 3.05) is 6.61 Å². The molecule has 6 heteroatoms. The highest BCUT2D eigenvalue weighted by molar-refractivity contribution is 6.43. The van der Waals surface area contributed by atoms with Crippen molar-refractivity contribution in [3.63, 3.8) is 0 Å². The number of benzene rings is 2. The quantitative estimate of drug-likeness (QED) is 0.877. The van der Waals surface area contributed by atoms with Crippen LogP contribution >= 0.6 is 34.8 Å². The van der Waals surface area contributed by atoms with Gasteiger partial charge in [-0.15, -0.1) is 0 Å². The molecule has 2 aromatic carbocycles. The molecular formula is C15H12Cl3NO2. The summed E-state index contributed by atoms with van der Waals surface area (Å²) in [6.45, 7) is -0.244. The van der Waals surface area contributed by atoms with Gasteiger partial charge < -0.3 is 10.4 Å². The highest BCUT2D eigenvalue weighted by Crippen LogP contribution is 2.26. The Labute approximate surface area is 137 Å². The number of nitrogens with one attached hydrogen (secondary N) is 1.